The van der Waals surface area contributed by atoms with Crippen LogP contribution in [0.15, 0.2) is 30.3 Å². The number of nitrogens with two attached hydrogens (primary N) is 1. The molecule has 1 aliphatic rings. The van der Waals surface area contributed by atoms with Gasteiger partial charge in [-0.2, -0.15) is 0 Å². The van der Waals surface area contributed by atoms with Crippen LogP contribution in [0, 0.1) is 0 Å². The fourth-order valence-corrected chi connectivity index (χ4v) is 2.50. The van der Waals surface area contributed by atoms with Gasteiger partial charge in [0.25, 0.3) is 0 Å². The highest BCUT2D eigenvalue weighted by Gasteiger charge is 2.23. The van der Waals surface area contributed by atoms with Crippen LogP contribution in [0.25, 0.3) is 0 Å². The summed E-state index contributed by atoms with van der Waals surface area (Å²) < 4.78 is 0. The first-order valence-corrected chi connectivity index (χ1v) is 6.99. The van der Waals surface area contributed by atoms with Gasteiger partial charge in [-0.25, -0.2) is 0 Å². The summed E-state index contributed by atoms with van der Waals surface area (Å²) >= 11 is 0. The van der Waals surface area contributed by atoms with Gasteiger partial charge in [-0.15, -0.1) is 12.4 Å². The molecule has 112 valence electrons. The van der Waals surface area contributed by atoms with E-state index in [1.54, 1.807) is 0 Å². The summed E-state index contributed by atoms with van der Waals surface area (Å²) in [7, 11) is 0. The Balaban J connectivity index is 0.00000200. The molecule has 1 aromatic carbocycles. The number of carbonyl (C=O) groups is 1. The summed E-state index contributed by atoms with van der Waals surface area (Å²) in [5.41, 5.74) is 7.23. The van der Waals surface area contributed by atoms with Gasteiger partial charge in [0.15, 0.2) is 0 Å². The van der Waals surface area contributed by atoms with Crippen LogP contribution in [0.1, 0.15) is 31.4 Å². The van der Waals surface area contributed by atoms with Gasteiger partial charge in [0, 0.05) is 38.1 Å². The van der Waals surface area contributed by atoms with Crippen molar-refractivity contribution in [3.63, 3.8) is 0 Å². The molecule has 0 radical (unpaired) electrons. The van der Waals surface area contributed by atoms with Crippen molar-refractivity contribution in [3.05, 3.63) is 35.9 Å². The molecular formula is C15H24ClN3O. The molecule has 1 fully saturated rings. The highest BCUT2D eigenvalue weighted by molar-refractivity contribution is 5.85. The van der Waals surface area contributed by atoms with Crippen molar-refractivity contribution in [1.82, 2.24) is 10.2 Å². The maximum absolute atomic E-state index is 12.2. The van der Waals surface area contributed by atoms with Crippen LogP contribution in [-0.2, 0) is 4.79 Å². The summed E-state index contributed by atoms with van der Waals surface area (Å²) in [5, 5.41) is 3.29. The molecule has 0 bridgehead atoms. The second kappa shape index (κ2) is 8.25. The molecule has 1 aliphatic heterocycles. The quantitative estimate of drug-likeness (QED) is 0.889. The van der Waals surface area contributed by atoms with Crippen molar-refractivity contribution in [2.75, 3.05) is 19.6 Å². The van der Waals surface area contributed by atoms with E-state index in [4.69, 9.17) is 5.73 Å². The normalized spacial score (nSPS) is 20.1. The zero-order valence-corrected chi connectivity index (χ0v) is 12.7. The summed E-state index contributed by atoms with van der Waals surface area (Å²) in [6.07, 6.45) is 1.24. The molecule has 0 spiro atoms. The Morgan fingerprint density at radius 1 is 1.45 bits per heavy atom. The Labute approximate surface area is 127 Å². The van der Waals surface area contributed by atoms with Crippen LogP contribution >= 0.6 is 12.4 Å². The van der Waals surface area contributed by atoms with Gasteiger partial charge in [-0.3, -0.25) is 4.79 Å². The van der Waals surface area contributed by atoms with Crippen LogP contribution in [-0.4, -0.2) is 36.5 Å². The van der Waals surface area contributed by atoms with Gasteiger partial charge in [0.1, 0.15) is 0 Å². The zero-order valence-electron chi connectivity index (χ0n) is 11.9. The lowest BCUT2D eigenvalue weighted by atomic mass is 10.0. The Hall–Kier alpha value is -1.10. The molecule has 1 heterocycles. The molecule has 2 atom stereocenters. The van der Waals surface area contributed by atoms with E-state index in [1.807, 2.05) is 35.2 Å². The zero-order chi connectivity index (χ0) is 13.7. The highest BCUT2D eigenvalue weighted by Crippen LogP contribution is 2.16. The number of amides is 1. The van der Waals surface area contributed by atoms with Crippen molar-refractivity contribution >= 4 is 18.3 Å². The number of nitrogens with one attached hydrogen (secondary N) is 1. The minimum atomic E-state index is -0.0524. The lowest BCUT2D eigenvalue weighted by molar-refractivity contribution is -0.134. The molecule has 2 rings (SSSR count). The Morgan fingerprint density at radius 3 is 2.80 bits per heavy atom. The van der Waals surface area contributed by atoms with Gasteiger partial charge in [0.2, 0.25) is 5.91 Å². The van der Waals surface area contributed by atoms with E-state index in [2.05, 4.69) is 12.2 Å². The van der Waals surface area contributed by atoms with Crippen molar-refractivity contribution in [1.29, 1.82) is 0 Å². The maximum atomic E-state index is 12.2. The molecule has 3 N–H and O–H groups in total. The lowest BCUT2D eigenvalue weighted by Gasteiger charge is -2.34. The molecular weight excluding hydrogens is 274 g/mol. The fraction of sp³-hybridized carbons (Fsp3) is 0.533. The largest absolute Gasteiger partial charge is 0.337 e. The van der Waals surface area contributed by atoms with E-state index >= 15 is 0 Å². The summed E-state index contributed by atoms with van der Waals surface area (Å²) in [6.45, 7) is 4.67. The second-order valence-electron chi connectivity index (χ2n) is 5.20. The number of hydrogen-bond acceptors (Lipinski definition) is 3. The van der Waals surface area contributed by atoms with Crippen molar-refractivity contribution in [2.45, 2.75) is 31.8 Å². The topological polar surface area (TPSA) is 58.4 Å². The number of halogens is 1. The van der Waals surface area contributed by atoms with Gasteiger partial charge < -0.3 is 16.0 Å². The molecule has 0 aromatic heterocycles. The van der Waals surface area contributed by atoms with Crippen LogP contribution in [0.5, 0.6) is 0 Å². The number of benzene rings is 1. The first-order chi connectivity index (χ1) is 9.18. The predicted molar refractivity (Wildman–Crippen MR) is 83.9 cm³/mol. The van der Waals surface area contributed by atoms with Crippen molar-refractivity contribution < 1.29 is 4.79 Å². The Bertz CT molecular complexity index is 413. The summed E-state index contributed by atoms with van der Waals surface area (Å²) in [5.74, 6) is 0.223. The van der Waals surface area contributed by atoms with E-state index in [0.29, 0.717) is 12.8 Å². The average Bonchev–Trinajstić information content (AvgIpc) is 2.46. The van der Waals surface area contributed by atoms with E-state index in [0.717, 1.165) is 25.2 Å². The Morgan fingerprint density at radius 2 is 2.15 bits per heavy atom. The molecule has 1 saturated heterocycles. The highest BCUT2D eigenvalue weighted by atomic mass is 35.5. The minimum absolute atomic E-state index is 0. The van der Waals surface area contributed by atoms with Gasteiger partial charge >= 0.3 is 0 Å². The number of piperazine rings is 1. The predicted octanol–water partition coefficient (Wildman–Crippen LogP) is 1.71. The van der Waals surface area contributed by atoms with E-state index in [1.165, 1.54) is 0 Å². The molecule has 5 heteroatoms. The Kier molecular flexibility index (Phi) is 6.99. The number of carbonyl (C=O) groups excluding carboxylic acids is 1. The van der Waals surface area contributed by atoms with Crippen LogP contribution in [0.4, 0.5) is 0 Å². The molecule has 1 aromatic rings. The van der Waals surface area contributed by atoms with Crippen LogP contribution < -0.4 is 11.1 Å². The molecule has 0 saturated carbocycles. The summed E-state index contributed by atoms with van der Waals surface area (Å²) in [4.78, 5) is 14.2. The van der Waals surface area contributed by atoms with E-state index < -0.39 is 0 Å². The fourth-order valence-electron chi connectivity index (χ4n) is 2.50. The first kappa shape index (κ1) is 17.0. The third kappa shape index (κ3) is 4.47. The van der Waals surface area contributed by atoms with Crippen molar-refractivity contribution in [3.8, 4) is 0 Å². The van der Waals surface area contributed by atoms with Gasteiger partial charge in [-0.1, -0.05) is 30.3 Å². The lowest BCUT2D eigenvalue weighted by Crippen LogP contribution is -2.52. The van der Waals surface area contributed by atoms with E-state index in [9.17, 15) is 4.79 Å². The first-order valence-electron chi connectivity index (χ1n) is 6.99. The molecule has 4 nitrogen and oxygen atoms in total. The molecule has 20 heavy (non-hydrogen) atoms. The van der Waals surface area contributed by atoms with Gasteiger partial charge in [-0.05, 0) is 18.9 Å². The number of nitrogens with zero attached hydrogens (tertiary/aromatic N) is 1. The monoisotopic (exact) mass is 297 g/mol. The molecule has 1 amide bonds. The smallest absolute Gasteiger partial charge is 0.222 e. The van der Waals surface area contributed by atoms with Crippen molar-refractivity contribution in [2.24, 2.45) is 5.73 Å². The third-order valence-corrected chi connectivity index (χ3v) is 3.72. The van der Waals surface area contributed by atoms with Crippen LogP contribution in [0.2, 0.25) is 0 Å². The maximum Gasteiger partial charge on any atom is 0.222 e. The third-order valence-electron chi connectivity index (χ3n) is 3.72. The molecule has 0 aliphatic carbocycles. The summed E-state index contributed by atoms with van der Waals surface area (Å²) in [6, 6.07) is 10.2. The minimum Gasteiger partial charge on any atom is -0.337 e. The SMILES string of the molecule is CC1CNCCN1C(=O)CCC(N)c1ccccc1.Cl. The van der Waals surface area contributed by atoms with E-state index in [-0.39, 0.29) is 30.4 Å². The number of rotatable bonds is 4. The number of hydrogen-bond donors (Lipinski definition) is 2. The average molecular weight is 298 g/mol. The second-order valence-corrected chi connectivity index (χ2v) is 5.20. The molecule has 2 unspecified atom stereocenters. The van der Waals surface area contributed by atoms with Gasteiger partial charge in [0.05, 0.1) is 0 Å². The standard InChI is InChI=1S/C15H23N3O.ClH/c1-12-11-17-9-10-18(12)15(19)8-7-14(16)13-5-3-2-4-6-13;/h2-6,12,14,17H,7-11,16H2,1H3;1H. The van der Waals surface area contributed by atoms with Crippen LogP contribution in [0.3, 0.4) is 0 Å².